The second-order valence-corrected chi connectivity index (χ2v) is 11.0. The van der Waals surface area contributed by atoms with Crippen molar-refractivity contribution < 1.29 is 21.6 Å². The van der Waals surface area contributed by atoms with Gasteiger partial charge in [-0.05, 0) is 79.2 Å². The molecule has 8 bridgehead atoms. The van der Waals surface area contributed by atoms with Gasteiger partial charge in [0.2, 0.25) is 0 Å². The molecule has 3 aromatic heterocycles. The summed E-state index contributed by atoms with van der Waals surface area (Å²) in [5, 5.41) is 11.2. The maximum atomic E-state index is 11.2. The van der Waals surface area contributed by atoms with Crippen molar-refractivity contribution in [2.24, 2.45) is 0 Å². The minimum Gasteiger partial charge on any atom is -0.657 e. The molecule has 0 saturated heterocycles. The van der Waals surface area contributed by atoms with E-state index >= 15 is 0 Å². The third kappa shape index (κ3) is 7.29. The number of aryl methyl sites for hydroxylation is 2. The normalized spacial score (nSPS) is 13.0. The zero-order valence-electron chi connectivity index (χ0n) is 24.6. The molecular formula is C35H42N4NiO. The van der Waals surface area contributed by atoms with Gasteiger partial charge < -0.3 is 15.1 Å². The molecule has 0 fully saturated rings. The Kier molecular flexibility index (Phi) is 11.2. The van der Waals surface area contributed by atoms with Gasteiger partial charge in [0.05, 0.1) is 28.9 Å². The van der Waals surface area contributed by atoms with Gasteiger partial charge in [-0.25, -0.2) is 9.97 Å². The Balaban J connectivity index is 0.00000387. The van der Waals surface area contributed by atoms with Gasteiger partial charge in [-0.1, -0.05) is 83.6 Å². The number of unbranched alkanes of at least 4 members (excludes halogenated alkanes) is 6. The van der Waals surface area contributed by atoms with Crippen LogP contribution in [0.3, 0.4) is 0 Å². The SMILES string of the molecule is CCCCCCc1c2nc(cc3nc(c(CCCCCC)c4ccc([n-]4)c(C(O)CC)c4ccc1[n-]4)C=C3)C=C2.[Ni+2]. The smallest absolute Gasteiger partial charge is 0.657 e. The monoisotopic (exact) mass is 592 g/mol. The zero-order valence-corrected chi connectivity index (χ0v) is 25.6. The third-order valence-corrected chi connectivity index (χ3v) is 7.97. The Bertz CT molecular complexity index is 1440. The van der Waals surface area contributed by atoms with Gasteiger partial charge in [0.25, 0.3) is 0 Å². The van der Waals surface area contributed by atoms with E-state index in [4.69, 9.17) is 19.9 Å². The summed E-state index contributed by atoms with van der Waals surface area (Å²) in [5.41, 5.74) is 10.4. The first kappa shape index (κ1) is 31.0. The molecular weight excluding hydrogens is 551 g/mol. The zero-order chi connectivity index (χ0) is 27.9. The Hall–Kier alpha value is -2.95. The van der Waals surface area contributed by atoms with Crippen LogP contribution in [0.2, 0.25) is 0 Å². The molecule has 218 valence electrons. The van der Waals surface area contributed by atoms with Crippen molar-refractivity contribution in [3.8, 4) is 0 Å². The van der Waals surface area contributed by atoms with Gasteiger partial charge in [0, 0.05) is 0 Å². The fourth-order valence-electron chi connectivity index (χ4n) is 5.67. The number of rotatable bonds is 12. The molecule has 5 heterocycles. The van der Waals surface area contributed by atoms with Crippen LogP contribution >= 0.6 is 0 Å². The Morgan fingerprint density at radius 2 is 1.10 bits per heavy atom. The van der Waals surface area contributed by atoms with Crippen LogP contribution in [0.4, 0.5) is 0 Å². The molecule has 0 amide bonds. The van der Waals surface area contributed by atoms with E-state index < -0.39 is 6.10 Å². The minimum absolute atomic E-state index is 0. The largest absolute Gasteiger partial charge is 2.00 e. The van der Waals surface area contributed by atoms with Crippen LogP contribution in [-0.2, 0) is 29.3 Å². The van der Waals surface area contributed by atoms with Gasteiger partial charge >= 0.3 is 16.5 Å². The summed E-state index contributed by atoms with van der Waals surface area (Å²) in [5.74, 6) is 0. The van der Waals surface area contributed by atoms with Crippen LogP contribution in [0.15, 0.2) is 30.3 Å². The molecule has 2 aliphatic heterocycles. The number of fused-ring (bicyclic) bond motifs is 8. The average molecular weight is 593 g/mol. The van der Waals surface area contributed by atoms with Crippen LogP contribution < -0.4 is 9.97 Å². The van der Waals surface area contributed by atoms with Crippen LogP contribution in [0, 0.1) is 0 Å². The van der Waals surface area contributed by atoms with E-state index in [-0.39, 0.29) is 16.5 Å². The van der Waals surface area contributed by atoms with E-state index in [1.807, 2.05) is 19.1 Å². The van der Waals surface area contributed by atoms with Gasteiger partial charge in [-0.2, -0.15) is 0 Å². The number of nitrogens with zero attached hydrogens (tertiary/aromatic N) is 4. The summed E-state index contributed by atoms with van der Waals surface area (Å²) >= 11 is 0. The van der Waals surface area contributed by atoms with Crippen LogP contribution in [0.5, 0.6) is 0 Å². The molecule has 0 radical (unpaired) electrons. The van der Waals surface area contributed by atoms with Gasteiger partial charge in [0.1, 0.15) is 0 Å². The molecule has 41 heavy (non-hydrogen) atoms. The van der Waals surface area contributed by atoms with Crippen LogP contribution in [-0.4, -0.2) is 15.1 Å². The molecule has 5 nitrogen and oxygen atoms in total. The van der Waals surface area contributed by atoms with Crippen molar-refractivity contribution in [3.05, 3.63) is 69.8 Å². The van der Waals surface area contributed by atoms with Crippen molar-refractivity contribution in [2.75, 3.05) is 0 Å². The molecule has 2 aliphatic rings. The first-order chi connectivity index (χ1) is 19.6. The second-order valence-electron chi connectivity index (χ2n) is 11.0. The molecule has 0 saturated carbocycles. The second kappa shape index (κ2) is 14.8. The fourth-order valence-corrected chi connectivity index (χ4v) is 5.67. The summed E-state index contributed by atoms with van der Waals surface area (Å²) < 4.78 is 0. The van der Waals surface area contributed by atoms with E-state index in [1.54, 1.807) is 0 Å². The number of aliphatic hydroxyl groups excluding tert-OH is 1. The predicted octanol–water partition coefficient (Wildman–Crippen LogP) is 8.60. The van der Waals surface area contributed by atoms with E-state index in [2.05, 4.69) is 56.4 Å². The van der Waals surface area contributed by atoms with Crippen LogP contribution in [0.1, 0.15) is 124 Å². The van der Waals surface area contributed by atoms with Gasteiger partial charge in [-0.3, -0.25) is 0 Å². The molecule has 0 aromatic carbocycles. The predicted molar refractivity (Wildman–Crippen MR) is 168 cm³/mol. The standard InChI is InChI=1S/C35H42N4O.Ni/c1-4-7-9-11-13-26-28-17-15-24(36-28)23-25-16-18-29(37-25)27(14-12-10-8-5-2)31-20-22-33(39-31)35(34(40)6-3)32-21-19-30(26)38-32;/h15-23,34,40H,4-14H2,1-3H3;/q-2;+2. The molecule has 6 heteroatoms. The maximum Gasteiger partial charge on any atom is 2.00 e. The van der Waals surface area contributed by atoms with Crippen molar-refractivity contribution in [3.63, 3.8) is 0 Å². The van der Waals surface area contributed by atoms with Crippen molar-refractivity contribution in [1.82, 2.24) is 19.9 Å². The molecule has 3 aromatic rings. The van der Waals surface area contributed by atoms with Crippen molar-refractivity contribution in [1.29, 1.82) is 0 Å². The molecule has 1 atom stereocenters. The van der Waals surface area contributed by atoms with E-state index in [0.29, 0.717) is 6.42 Å². The molecule has 0 aliphatic carbocycles. The summed E-state index contributed by atoms with van der Waals surface area (Å²) in [6, 6.07) is 10.3. The summed E-state index contributed by atoms with van der Waals surface area (Å²) in [6.45, 7) is 6.48. The Morgan fingerprint density at radius 3 is 1.54 bits per heavy atom. The van der Waals surface area contributed by atoms with E-state index in [1.165, 1.54) is 38.5 Å². The fraction of sp³-hybridized carbons (Fsp3) is 0.429. The van der Waals surface area contributed by atoms with Crippen molar-refractivity contribution >= 4 is 46.4 Å². The minimum atomic E-state index is -0.646. The van der Waals surface area contributed by atoms with E-state index in [9.17, 15) is 5.11 Å². The molecule has 0 spiro atoms. The quantitative estimate of drug-likeness (QED) is 0.116. The molecule has 1 unspecified atom stereocenters. The Labute approximate surface area is 254 Å². The first-order valence-electron chi connectivity index (χ1n) is 15.3. The van der Waals surface area contributed by atoms with E-state index in [0.717, 1.165) is 87.2 Å². The average Bonchev–Trinajstić information content (AvgIpc) is 3.78. The topological polar surface area (TPSA) is 74.2 Å². The van der Waals surface area contributed by atoms with Crippen LogP contribution in [0.25, 0.3) is 46.4 Å². The van der Waals surface area contributed by atoms with Crippen molar-refractivity contribution in [2.45, 2.75) is 97.5 Å². The summed E-state index contributed by atoms with van der Waals surface area (Å²) in [6.07, 6.45) is 19.6. The van der Waals surface area contributed by atoms with Gasteiger partial charge in [0.15, 0.2) is 0 Å². The van der Waals surface area contributed by atoms with Gasteiger partial charge in [-0.15, -0.1) is 22.1 Å². The first-order valence-corrected chi connectivity index (χ1v) is 15.3. The maximum absolute atomic E-state index is 11.2. The third-order valence-electron chi connectivity index (χ3n) is 7.97. The number of aliphatic hydroxyl groups is 1. The summed E-state index contributed by atoms with van der Waals surface area (Å²) in [4.78, 5) is 20.2. The summed E-state index contributed by atoms with van der Waals surface area (Å²) in [7, 11) is 0. The number of aromatic nitrogens is 4. The number of hydrogen-bond donors (Lipinski definition) is 1. The number of hydrogen-bond acceptors (Lipinski definition) is 3. The Morgan fingerprint density at radius 1 is 0.634 bits per heavy atom. The molecule has 5 rings (SSSR count). The molecule has 1 N–H and O–H groups in total.